The topological polar surface area (TPSA) is 36.9 Å². The number of halogens is 1. The first-order valence-electron chi connectivity index (χ1n) is 8.71. The lowest BCUT2D eigenvalue weighted by molar-refractivity contribution is 0.402. The van der Waals surface area contributed by atoms with E-state index in [9.17, 15) is 0 Å². The molecule has 5 heteroatoms. The first kappa shape index (κ1) is 21.1. The molecule has 1 aromatic rings. The molecule has 0 bridgehead atoms. The fraction of sp³-hybridized carbons (Fsp3) is 0.632. The molecule has 0 aliphatic carbocycles. The molecule has 1 N–H and O–H groups in total. The summed E-state index contributed by atoms with van der Waals surface area (Å²) in [5.74, 6) is 3.58. The van der Waals surface area contributed by atoms with Crippen LogP contribution in [0.2, 0.25) is 0 Å². The number of rotatable bonds is 6. The van der Waals surface area contributed by atoms with Crippen LogP contribution in [-0.2, 0) is 6.42 Å². The van der Waals surface area contributed by atoms with Gasteiger partial charge in [-0.05, 0) is 42.7 Å². The van der Waals surface area contributed by atoms with Crippen LogP contribution in [-0.4, -0.2) is 44.7 Å². The zero-order chi connectivity index (χ0) is 16.7. The SMILES string of the molecule is CN=C(NCCc1ccccc1OC)N1CCC(CC(C)C)C1.I. The molecule has 1 saturated heterocycles. The van der Waals surface area contributed by atoms with Crippen molar-refractivity contribution in [2.24, 2.45) is 16.8 Å². The maximum atomic E-state index is 5.41. The Labute approximate surface area is 164 Å². The first-order chi connectivity index (χ1) is 11.1. The normalized spacial score (nSPS) is 17.8. The van der Waals surface area contributed by atoms with Crippen molar-refractivity contribution in [3.8, 4) is 5.75 Å². The lowest BCUT2D eigenvalue weighted by Crippen LogP contribution is -2.40. The summed E-state index contributed by atoms with van der Waals surface area (Å²) in [4.78, 5) is 6.86. The standard InChI is InChI=1S/C19H31N3O.HI/c1-15(2)13-16-10-12-22(14-16)19(20-3)21-11-9-17-7-5-6-8-18(17)23-4;/h5-8,15-16H,9-14H2,1-4H3,(H,20,21);1H. The fourth-order valence-corrected chi connectivity index (χ4v) is 3.43. The number of nitrogens with one attached hydrogen (secondary N) is 1. The van der Waals surface area contributed by atoms with Crippen LogP contribution in [0.3, 0.4) is 0 Å². The summed E-state index contributed by atoms with van der Waals surface area (Å²) >= 11 is 0. The van der Waals surface area contributed by atoms with E-state index < -0.39 is 0 Å². The molecule has 24 heavy (non-hydrogen) atoms. The van der Waals surface area contributed by atoms with Crippen molar-refractivity contribution in [2.45, 2.75) is 33.1 Å². The zero-order valence-electron chi connectivity index (χ0n) is 15.4. The van der Waals surface area contributed by atoms with Gasteiger partial charge in [0, 0.05) is 26.7 Å². The van der Waals surface area contributed by atoms with E-state index in [-0.39, 0.29) is 24.0 Å². The molecular weight excluding hydrogens is 413 g/mol. The van der Waals surface area contributed by atoms with E-state index in [0.717, 1.165) is 49.6 Å². The number of nitrogens with zero attached hydrogens (tertiary/aromatic N) is 2. The average molecular weight is 445 g/mol. The van der Waals surface area contributed by atoms with Gasteiger partial charge in [0.15, 0.2) is 5.96 Å². The second-order valence-corrected chi connectivity index (χ2v) is 6.77. The second-order valence-electron chi connectivity index (χ2n) is 6.77. The summed E-state index contributed by atoms with van der Waals surface area (Å²) in [5.41, 5.74) is 1.23. The molecule has 0 saturated carbocycles. The second kappa shape index (κ2) is 10.8. The van der Waals surface area contributed by atoms with E-state index in [4.69, 9.17) is 4.74 Å². The molecule has 1 fully saturated rings. The third kappa shape index (κ3) is 6.15. The quantitative estimate of drug-likeness (QED) is 0.411. The van der Waals surface area contributed by atoms with Crippen molar-refractivity contribution in [2.75, 3.05) is 33.8 Å². The maximum absolute atomic E-state index is 5.41. The average Bonchev–Trinajstić information content (AvgIpc) is 2.99. The number of hydrogen-bond donors (Lipinski definition) is 1. The van der Waals surface area contributed by atoms with Gasteiger partial charge in [-0.15, -0.1) is 24.0 Å². The highest BCUT2D eigenvalue weighted by atomic mass is 127. The van der Waals surface area contributed by atoms with E-state index >= 15 is 0 Å². The highest BCUT2D eigenvalue weighted by Crippen LogP contribution is 2.23. The molecule has 136 valence electrons. The molecule has 4 nitrogen and oxygen atoms in total. The Kier molecular flexibility index (Phi) is 9.48. The number of ether oxygens (including phenoxy) is 1. The number of hydrogen-bond acceptors (Lipinski definition) is 2. The molecule has 1 atom stereocenters. The smallest absolute Gasteiger partial charge is 0.193 e. The molecule has 0 amide bonds. The predicted octanol–water partition coefficient (Wildman–Crippen LogP) is 3.80. The Morgan fingerprint density at radius 3 is 2.79 bits per heavy atom. The van der Waals surface area contributed by atoms with Gasteiger partial charge in [0.05, 0.1) is 7.11 Å². The number of guanidine groups is 1. The van der Waals surface area contributed by atoms with Crippen LogP contribution in [0, 0.1) is 11.8 Å². The summed E-state index contributed by atoms with van der Waals surface area (Å²) in [6.45, 7) is 7.74. The highest BCUT2D eigenvalue weighted by molar-refractivity contribution is 14.0. The predicted molar refractivity (Wildman–Crippen MR) is 113 cm³/mol. The van der Waals surface area contributed by atoms with Gasteiger partial charge in [0.25, 0.3) is 0 Å². The van der Waals surface area contributed by atoms with Crippen molar-refractivity contribution >= 4 is 29.9 Å². The molecule has 0 aromatic heterocycles. The van der Waals surface area contributed by atoms with E-state index in [1.165, 1.54) is 18.4 Å². The summed E-state index contributed by atoms with van der Waals surface area (Å²) in [7, 11) is 3.60. The maximum Gasteiger partial charge on any atom is 0.193 e. The monoisotopic (exact) mass is 445 g/mol. The minimum atomic E-state index is 0. The third-order valence-electron chi connectivity index (χ3n) is 4.47. The fourth-order valence-electron chi connectivity index (χ4n) is 3.43. The van der Waals surface area contributed by atoms with Gasteiger partial charge < -0.3 is 15.0 Å². The van der Waals surface area contributed by atoms with Crippen LogP contribution >= 0.6 is 24.0 Å². The lowest BCUT2D eigenvalue weighted by Gasteiger charge is -2.22. The van der Waals surface area contributed by atoms with Gasteiger partial charge in [-0.1, -0.05) is 32.0 Å². The molecular formula is C19H32IN3O. The molecule has 0 spiro atoms. The van der Waals surface area contributed by atoms with Gasteiger partial charge in [-0.2, -0.15) is 0 Å². The summed E-state index contributed by atoms with van der Waals surface area (Å²) < 4.78 is 5.41. The van der Waals surface area contributed by atoms with Crippen molar-refractivity contribution in [1.29, 1.82) is 0 Å². The van der Waals surface area contributed by atoms with Gasteiger partial charge in [-0.3, -0.25) is 4.99 Å². The van der Waals surface area contributed by atoms with E-state index in [2.05, 4.69) is 41.2 Å². The van der Waals surface area contributed by atoms with Gasteiger partial charge >= 0.3 is 0 Å². The van der Waals surface area contributed by atoms with Crippen LogP contribution in [0.25, 0.3) is 0 Å². The Morgan fingerprint density at radius 2 is 2.12 bits per heavy atom. The Bertz CT molecular complexity index is 519. The number of aliphatic imine (C=N–C) groups is 1. The lowest BCUT2D eigenvalue weighted by atomic mass is 9.97. The van der Waals surface area contributed by atoms with Crippen molar-refractivity contribution in [3.05, 3.63) is 29.8 Å². The number of para-hydroxylation sites is 1. The molecule has 2 rings (SSSR count). The molecule has 1 aliphatic heterocycles. The van der Waals surface area contributed by atoms with Gasteiger partial charge in [0.2, 0.25) is 0 Å². The van der Waals surface area contributed by atoms with Crippen molar-refractivity contribution < 1.29 is 4.74 Å². The summed E-state index contributed by atoms with van der Waals surface area (Å²) in [6, 6.07) is 8.20. The summed E-state index contributed by atoms with van der Waals surface area (Å²) in [5, 5.41) is 3.51. The molecule has 1 unspecified atom stereocenters. The number of methoxy groups -OCH3 is 1. The molecule has 1 aliphatic rings. The van der Waals surface area contributed by atoms with Gasteiger partial charge in [-0.25, -0.2) is 0 Å². The minimum absolute atomic E-state index is 0. The van der Waals surface area contributed by atoms with Crippen molar-refractivity contribution in [3.63, 3.8) is 0 Å². The largest absolute Gasteiger partial charge is 0.496 e. The number of likely N-dealkylation sites (tertiary alicyclic amines) is 1. The molecule has 1 heterocycles. The zero-order valence-corrected chi connectivity index (χ0v) is 17.7. The Balaban J connectivity index is 0.00000288. The first-order valence-corrected chi connectivity index (χ1v) is 8.71. The van der Waals surface area contributed by atoms with Crippen LogP contribution in [0.15, 0.2) is 29.3 Å². The van der Waals surface area contributed by atoms with Crippen molar-refractivity contribution in [1.82, 2.24) is 10.2 Å². The molecule has 1 aromatic carbocycles. The Morgan fingerprint density at radius 1 is 1.38 bits per heavy atom. The minimum Gasteiger partial charge on any atom is -0.496 e. The van der Waals surface area contributed by atoms with Crippen LogP contribution < -0.4 is 10.1 Å². The van der Waals surface area contributed by atoms with E-state index in [1.54, 1.807) is 7.11 Å². The van der Waals surface area contributed by atoms with E-state index in [0.29, 0.717) is 0 Å². The highest BCUT2D eigenvalue weighted by Gasteiger charge is 2.25. The molecule has 0 radical (unpaired) electrons. The Hall–Kier alpha value is -0.980. The summed E-state index contributed by atoms with van der Waals surface area (Å²) in [6.07, 6.45) is 3.53. The number of benzene rings is 1. The van der Waals surface area contributed by atoms with Crippen LogP contribution in [0.1, 0.15) is 32.3 Å². The van der Waals surface area contributed by atoms with Crippen LogP contribution in [0.4, 0.5) is 0 Å². The third-order valence-corrected chi connectivity index (χ3v) is 4.47. The van der Waals surface area contributed by atoms with E-state index in [1.807, 2.05) is 19.2 Å². The van der Waals surface area contributed by atoms with Gasteiger partial charge in [0.1, 0.15) is 5.75 Å². The van der Waals surface area contributed by atoms with Crippen LogP contribution in [0.5, 0.6) is 5.75 Å².